The first kappa shape index (κ1) is 32.5. The zero-order valence-electron chi connectivity index (χ0n) is 31.5. The lowest BCUT2D eigenvalue weighted by molar-refractivity contribution is 0.435. The van der Waals surface area contributed by atoms with E-state index in [4.69, 9.17) is 9.72 Å². The first-order valence-electron chi connectivity index (χ1n) is 19.8. The average Bonchev–Trinajstić information content (AvgIpc) is 3.62. The number of ether oxygens (including phenoxy) is 1. The van der Waals surface area contributed by atoms with Gasteiger partial charge in [0, 0.05) is 33.2 Å². The zero-order chi connectivity index (χ0) is 38.2. The van der Waals surface area contributed by atoms with Gasteiger partial charge < -0.3 is 9.64 Å². The minimum Gasteiger partial charge on any atom is -0.457 e. The molecule has 1 spiro atoms. The molecule has 4 heteroatoms. The van der Waals surface area contributed by atoms with Crippen molar-refractivity contribution < 1.29 is 4.74 Å². The maximum atomic E-state index is 7.03. The average molecular weight is 742 g/mol. The van der Waals surface area contributed by atoms with Crippen LogP contribution in [0.5, 0.6) is 11.5 Å². The van der Waals surface area contributed by atoms with E-state index in [0.29, 0.717) is 0 Å². The molecule has 58 heavy (non-hydrogen) atoms. The first-order valence-corrected chi connectivity index (χ1v) is 19.8. The third kappa shape index (κ3) is 4.66. The van der Waals surface area contributed by atoms with E-state index >= 15 is 0 Å². The molecule has 8 aromatic carbocycles. The van der Waals surface area contributed by atoms with Crippen LogP contribution in [0.2, 0.25) is 0 Å². The molecule has 0 saturated heterocycles. The number of para-hydroxylation sites is 5. The number of fused-ring (bicyclic) bond motifs is 11. The van der Waals surface area contributed by atoms with Gasteiger partial charge in [-0.05, 0) is 82.9 Å². The fourth-order valence-corrected chi connectivity index (χ4v) is 9.62. The molecule has 0 amide bonds. The zero-order valence-corrected chi connectivity index (χ0v) is 31.5. The van der Waals surface area contributed by atoms with Crippen LogP contribution in [0.25, 0.3) is 50.0 Å². The molecule has 0 atom stereocenters. The summed E-state index contributed by atoms with van der Waals surface area (Å²) in [5.74, 6) is 2.57. The van der Waals surface area contributed by atoms with Crippen LogP contribution < -0.4 is 9.64 Å². The van der Waals surface area contributed by atoms with Crippen molar-refractivity contribution in [1.29, 1.82) is 0 Å². The Bertz CT molecular complexity index is 3100. The Labute approximate surface area is 336 Å². The van der Waals surface area contributed by atoms with Crippen molar-refractivity contribution in [2.75, 3.05) is 4.90 Å². The van der Waals surface area contributed by atoms with E-state index in [0.717, 1.165) is 89.7 Å². The molecule has 0 N–H and O–H groups in total. The van der Waals surface area contributed by atoms with Gasteiger partial charge >= 0.3 is 0 Å². The lowest BCUT2D eigenvalue weighted by atomic mass is 9.61. The van der Waals surface area contributed by atoms with Crippen LogP contribution in [0.1, 0.15) is 22.3 Å². The summed E-state index contributed by atoms with van der Waals surface area (Å²) in [4.78, 5) is 7.87. The molecule has 12 rings (SSSR count). The van der Waals surface area contributed by atoms with Crippen molar-refractivity contribution in [3.63, 3.8) is 0 Å². The summed E-state index contributed by atoms with van der Waals surface area (Å²) in [6.07, 6.45) is 0. The number of hydrogen-bond acceptors (Lipinski definition) is 3. The number of anilines is 3. The van der Waals surface area contributed by atoms with Crippen molar-refractivity contribution in [3.05, 3.63) is 235 Å². The monoisotopic (exact) mass is 741 g/mol. The van der Waals surface area contributed by atoms with Gasteiger partial charge in [-0.15, -0.1) is 0 Å². The maximum Gasteiger partial charge on any atom is 0.138 e. The normalized spacial score (nSPS) is 13.4. The van der Waals surface area contributed by atoms with E-state index in [1.807, 2.05) is 0 Å². The van der Waals surface area contributed by atoms with E-state index in [2.05, 4.69) is 222 Å². The third-order valence-corrected chi connectivity index (χ3v) is 12.0. The molecule has 0 unspecified atom stereocenters. The highest BCUT2D eigenvalue weighted by atomic mass is 16.5. The summed E-state index contributed by atoms with van der Waals surface area (Å²) >= 11 is 0. The fraction of sp³-hybridized carbons (Fsp3) is 0.0185. The highest BCUT2D eigenvalue weighted by molar-refractivity contribution is 6.10. The largest absolute Gasteiger partial charge is 0.457 e. The van der Waals surface area contributed by atoms with Gasteiger partial charge in [-0.2, -0.15) is 0 Å². The van der Waals surface area contributed by atoms with Crippen molar-refractivity contribution in [1.82, 2.24) is 9.55 Å². The van der Waals surface area contributed by atoms with Crippen LogP contribution in [0.3, 0.4) is 0 Å². The van der Waals surface area contributed by atoms with Gasteiger partial charge in [0.1, 0.15) is 17.3 Å². The summed E-state index contributed by atoms with van der Waals surface area (Å²) in [7, 11) is 0. The van der Waals surface area contributed by atoms with Crippen molar-refractivity contribution >= 4 is 38.9 Å². The smallest absolute Gasteiger partial charge is 0.138 e. The molecule has 2 aliphatic heterocycles. The quantitative estimate of drug-likeness (QED) is 0.180. The van der Waals surface area contributed by atoms with Crippen LogP contribution in [-0.4, -0.2) is 9.55 Å². The molecule has 0 fully saturated rings. The van der Waals surface area contributed by atoms with Crippen LogP contribution in [0.4, 0.5) is 17.1 Å². The second-order valence-electron chi connectivity index (χ2n) is 15.1. The van der Waals surface area contributed by atoms with Crippen LogP contribution in [-0.2, 0) is 5.41 Å². The predicted octanol–water partition coefficient (Wildman–Crippen LogP) is 13.8. The summed E-state index contributed by atoms with van der Waals surface area (Å²) in [6, 6.07) is 76.0. The molecule has 0 saturated carbocycles. The van der Waals surface area contributed by atoms with Crippen LogP contribution >= 0.6 is 0 Å². The number of aromatic nitrogens is 2. The molecular weight excluding hydrogens is 707 g/mol. The highest BCUT2D eigenvalue weighted by Crippen LogP contribution is 2.63. The fourth-order valence-electron chi connectivity index (χ4n) is 9.62. The molecule has 4 heterocycles. The summed E-state index contributed by atoms with van der Waals surface area (Å²) in [5, 5.41) is 2.25. The Morgan fingerprint density at radius 3 is 1.71 bits per heavy atom. The van der Waals surface area contributed by atoms with E-state index in [1.54, 1.807) is 0 Å². The molecule has 10 aromatic rings. The van der Waals surface area contributed by atoms with Gasteiger partial charge in [0.05, 0.1) is 33.5 Å². The van der Waals surface area contributed by atoms with Gasteiger partial charge in [0.2, 0.25) is 0 Å². The topological polar surface area (TPSA) is 30.3 Å². The predicted molar refractivity (Wildman–Crippen MR) is 236 cm³/mol. The van der Waals surface area contributed by atoms with Crippen LogP contribution in [0, 0.1) is 0 Å². The SMILES string of the molecule is c1ccc(-c2cc(-c3ccccc3)nc(-n3c4ccccc4c4cc5c(cc43)C3(c4ccccc4O5)c4ccccc4N(c4ccccc4)c4ccccc43)c2)cc1. The number of hydrogen-bond donors (Lipinski definition) is 0. The Morgan fingerprint density at radius 1 is 0.397 bits per heavy atom. The first-order chi connectivity index (χ1) is 28.8. The molecule has 4 nitrogen and oxygen atoms in total. The van der Waals surface area contributed by atoms with Gasteiger partial charge in [0.25, 0.3) is 0 Å². The van der Waals surface area contributed by atoms with E-state index in [1.165, 1.54) is 11.1 Å². The molecule has 0 aliphatic carbocycles. The minimum atomic E-state index is -0.702. The minimum absolute atomic E-state index is 0.702. The molecule has 272 valence electrons. The van der Waals surface area contributed by atoms with Gasteiger partial charge in [0.15, 0.2) is 0 Å². The van der Waals surface area contributed by atoms with E-state index in [9.17, 15) is 0 Å². The third-order valence-electron chi connectivity index (χ3n) is 12.0. The highest BCUT2D eigenvalue weighted by Gasteiger charge is 2.51. The Balaban J connectivity index is 1.20. The van der Waals surface area contributed by atoms with E-state index < -0.39 is 5.41 Å². The molecule has 2 aliphatic rings. The second-order valence-corrected chi connectivity index (χ2v) is 15.1. The van der Waals surface area contributed by atoms with Crippen molar-refractivity contribution in [2.24, 2.45) is 0 Å². The Hall–Kier alpha value is -7.69. The Kier molecular flexibility index (Phi) is 7.11. The molecular formula is C54H35N3O. The molecule has 0 bridgehead atoms. The van der Waals surface area contributed by atoms with Crippen molar-refractivity contribution in [2.45, 2.75) is 5.41 Å². The summed E-state index contributed by atoms with van der Waals surface area (Å²) in [6.45, 7) is 0. The van der Waals surface area contributed by atoms with Gasteiger partial charge in [-0.3, -0.25) is 4.57 Å². The van der Waals surface area contributed by atoms with Gasteiger partial charge in [-0.1, -0.05) is 152 Å². The molecule has 2 aromatic heterocycles. The second kappa shape index (κ2) is 12.7. The number of pyridine rings is 1. The van der Waals surface area contributed by atoms with E-state index in [-0.39, 0.29) is 0 Å². The van der Waals surface area contributed by atoms with Gasteiger partial charge in [-0.25, -0.2) is 4.98 Å². The van der Waals surface area contributed by atoms with Crippen LogP contribution in [0.15, 0.2) is 212 Å². The molecule has 0 radical (unpaired) electrons. The number of rotatable bonds is 4. The number of nitrogens with zero attached hydrogens (tertiary/aromatic N) is 3. The summed E-state index contributed by atoms with van der Waals surface area (Å²) in [5.41, 5.74) is 13.7. The maximum absolute atomic E-state index is 7.03. The summed E-state index contributed by atoms with van der Waals surface area (Å²) < 4.78 is 9.39. The van der Waals surface area contributed by atoms with Crippen molar-refractivity contribution in [3.8, 4) is 39.7 Å². The Morgan fingerprint density at radius 2 is 0.983 bits per heavy atom. The number of benzene rings is 8. The lowest BCUT2D eigenvalue weighted by Gasteiger charge is -2.48. The lowest BCUT2D eigenvalue weighted by Crippen LogP contribution is -2.39. The standard InChI is InChI=1S/C54H35N3O/c1-4-18-36(19-5-1)38-32-46(37-20-6-2-7-21-37)55-53(33-38)57-47-28-14-10-24-40(47)41-34-52-45(35-50(41)57)54(44-27-13-17-31-51(44)58-52)42-25-11-15-29-48(42)56(39-22-8-3-9-23-39)49-30-16-12-26-43(49)54/h1-35H.